The zero-order chi connectivity index (χ0) is 15.8. The number of thiazole rings is 1. The highest BCUT2D eigenvalue weighted by molar-refractivity contribution is 7.09. The number of benzene rings is 1. The van der Waals surface area contributed by atoms with Crippen molar-refractivity contribution in [1.82, 2.24) is 15.2 Å². The summed E-state index contributed by atoms with van der Waals surface area (Å²) in [5.41, 5.74) is 2.47. The van der Waals surface area contributed by atoms with Crippen molar-refractivity contribution < 1.29 is 0 Å². The zero-order valence-corrected chi connectivity index (χ0v) is 14.4. The topological polar surface area (TPSA) is 40.5 Å². The Hall–Kier alpha value is -1.88. The molecule has 0 unspecified atom stereocenters. The first-order valence-electron chi connectivity index (χ1n) is 7.55. The van der Waals surface area contributed by atoms with E-state index < -0.39 is 0 Å². The first kappa shape index (κ1) is 16.5. The van der Waals surface area contributed by atoms with Crippen molar-refractivity contribution in [3.05, 3.63) is 52.0 Å². The number of guanidine groups is 1. The van der Waals surface area contributed by atoms with Crippen LogP contribution in [0.1, 0.15) is 22.7 Å². The molecule has 22 heavy (non-hydrogen) atoms. The minimum atomic E-state index is 0.780. The summed E-state index contributed by atoms with van der Waals surface area (Å²) >= 11 is 1.69. The summed E-state index contributed by atoms with van der Waals surface area (Å²) in [5.74, 6) is 0.915. The quantitative estimate of drug-likeness (QED) is 0.506. The minimum absolute atomic E-state index is 0.780. The number of aryl methyl sites for hydroxylation is 2. The molecule has 0 saturated carbocycles. The number of hydrogen-bond acceptors (Lipinski definition) is 3. The lowest BCUT2D eigenvalue weighted by Gasteiger charge is -2.21. The molecule has 0 aliphatic carbocycles. The van der Waals surface area contributed by atoms with Crippen LogP contribution in [0.3, 0.4) is 0 Å². The van der Waals surface area contributed by atoms with E-state index in [0.717, 1.165) is 42.6 Å². The van der Waals surface area contributed by atoms with Crippen LogP contribution in [0.2, 0.25) is 0 Å². The SMILES string of the molecule is CN=C(NCCCc1ccccc1)N(C)Cc1csc(C)n1. The number of rotatable bonds is 6. The van der Waals surface area contributed by atoms with Crippen molar-refractivity contribution in [2.45, 2.75) is 26.3 Å². The molecule has 0 atom stereocenters. The molecule has 5 heteroatoms. The average molecular weight is 316 g/mol. The molecule has 0 radical (unpaired) electrons. The van der Waals surface area contributed by atoms with Crippen molar-refractivity contribution in [3.63, 3.8) is 0 Å². The van der Waals surface area contributed by atoms with Gasteiger partial charge in [-0.3, -0.25) is 4.99 Å². The van der Waals surface area contributed by atoms with E-state index in [0.29, 0.717) is 0 Å². The first-order chi connectivity index (χ1) is 10.7. The molecule has 118 valence electrons. The Morgan fingerprint density at radius 2 is 2.09 bits per heavy atom. The van der Waals surface area contributed by atoms with Crippen LogP contribution in [-0.4, -0.2) is 36.5 Å². The van der Waals surface area contributed by atoms with Crippen LogP contribution in [0.5, 0.6) is 0 Å². The minimum Gasteiger partial charge on any atom is -0.356 e. The zero-order valence-electron chi connectivity index (χ0n) is 13.5. The van der Waals surface area contributed by atoms with Crippen molar-refractivity contribution in [1.29, 1.82) is 0 Å². The van der Waals surface area contributed by atoms with E-state index >= 15 is 0 Å². The number of aromatic nitrogens is 1. The standard InChI is InChI=1S/C17H24N4S/c1-14-20-16(13-22-14)12-21(3)17(18-2)19-11-7-10-15-8-5-4-6-9-15/h4-6,8-9,13H,7,10-12H2,1-3H3,(H,18,19). The fraction of sp³-hybridized carbons (Fsp3) is 0.412. The Morgan fingerprint density at radius 3 is 2.73 bits per heavy atom. The largest absolute Gasteiger partial charge is 0.356 e. The highest BCUT2D eigenvalue weighted by Gasteiger charge is 2.08. The van der Waals surface area contributed by atoms with Crippen LogP contribution in [0, 0.1) is 6.92 Å². The molecule has 0 bridgehead atoms. The average Bonchev–Trinajstić information content (AvgIpc) is 2.93. The fourth-order valence-corrected chi connectivity index (χ4v) is 2.92. The molecule has 1 aromatic heterocycles. The lowest BCUT2D eigenvalue weighted by molar-refractivity contribution is 0.470. The fourth-order valence-electron chi connectivity index (χ4n) is 2.32. The van der Waals surface area contributed by atoms with Crippen LogP contribution >= 0.6 is 11.3 Å². The van der Waals surface area contributed by atoms with E-state index in [9.17, 15) is 0 Å². The third-order valence-corrected chi connectivity index (χ3v) is 4.23. The number of nitrogens with one attached hydrogen (secondary N) is 1. The Bertz CT molecular complexity index is 592. The Balaban J connectivity index is 1.74. The van der Waals surface area contributed by atoms with E-state index in [1.165, 1.54) is 5.56 Å². The number of hydrogen-bond donors (Lipinski definition) is 1. The normalized spacial score (nSPS) is 11.5. The van der Waals surface area contributed by atoms with E-state index in [1.807, 2.05) is 21.0 Å². The summed E-state index contributed by atoms with van der Waals surface area (Å²) in [4.78, 5) is 10.9. The van der Waals surface area contributed by atoms with Gasteiger partial charge in [-0.25, -0.2) is 4.98 Å². The van der Waals surface area contributed by atoms with Crippen LogP contribution in [0.25, 0.3) is 0 Å². The molecule has 0 aliphatic rings. The van der Waals surface area contributed by atoms with Crippen LogP contribution < -0.4 is 5.32 Å². The molecule has 0 spiro atoms. The second kappa shape index (κ2) is 8.54. The highest BCUT2D eigenvalue weighted by atomic mass is 32.1. The summed E-state index contributed by atoms with van der Waals surface area (Å²) in [6.07, 6.45) is 2.17. The summed E-state index contributed by atoms with van der Waals surface area (Å²) in [5, 5.41) is 6.63. The first-order valence-corrected chi connectivity index (χ1v) is 8.43. The molecule has 4 nitrogen and oxygen atoms in total. The van der Waals surface area contributed by atoms with Gasteiger partial charge < -0.3 is 10.2 Å². The van der Waals surface area contributed by atoms with Crippen LogP contribution in [-0.2, 0) is 13.0 Å². The molecule has 2 rings (SSSR count). The van der Waals surface area contributed by atoms with Gasteiger partial charge >= 0.3 is 0 Å². The summed E-state index contributed by atoms with van der Waals surface area (Å²) in [7, 11) is 3.86. The Morgan fingerprint density at radius 1 is 1.32 bits per heavy atom. The van der Waals surface area contributed by atoms with E-state index in [-0.39, 0.29) is 0 Å². The molecular formula is C17H24N4S. The molecule has 0 fully saturated rings. The van der Waals surface area contributed by atoms with Crippen molar-refractivity contribution in [2.24, 2.45) is 4.99 Å². The number of aliphatic imine (C=N–C) groups is 1. The summed E-state index contributed by atoms with van der Waals surface area (Å²) < 4.78 is 0. The van der Waals surface area contributed by atoms with Gasteiger partial charge in [-0.15, -0.1) is 11.3 Å². The predicted molar refractivity (Wildman–Crippen MR) is 94.4 cm³/mol. The third kappa shape index (κ3) is 5.15. The van der Waals surface area contributed by atoms with Gasteiger partial charge in [0.1, 0.15) is 0 Å². The second-order valence-corrected chi connectivity index (χ2v) is 6.34. The van der Waals surface area contributed by atoms with Gasteiger partial charge in [0.05, 0.1) is 17.2 Å². The lowest BCUT2D eigenvalue weighted by Crippen LogP contribution is -2.39. The molecule has 1 heterocycles. The Labute approximate surface area is 136 Å². The van der Waals surface area contributed by atoms with Gasteiger partial charge in [0.15, 0.2) is 5.96 Å². The van der Waals surface area contributed by atoms with Gasteiger partial charge in [0, 0.05) is 26.0 Å². The van der Waals surface area contributed by atoms with Gasteiger partial charge in [-0.1, -0.05) is 30.3 Å². The maximum Gasteiger partial charge on any atom is 0.193 e. The molecule has 1 N–H and O–H groups in total. The smallest absolute Gasteiger partial charge is 0.193 e. The van der Waals surface area contributed by atoms with Gasteiger partial charge in [-0.2, -0.15) is 0 Å². The highest BCUT2D eigenvalue weighted by Crippen LogP contribution is 2.09. The van der Waals surface area contributed by atoms with E-state index in [1.54, 1.807) is 11.3 Å². The summed E-state index contributed by atoms with van der Waals surface area (Å²) in [6.45, 7) is 3.73. The predicted octanol–water partition coefficient (Wildman–Crippen LogP) is 3.09. The van der Waals surface area contributed by atoms with Crippen molar-refractivity contribution >= 4 is 17.3 Å². The van der Waals surface area contributed by atoms with E-state index in [2.05, 4.69) is 55.9 Å². The third-order valence-electron chi connectivity index (χ3n) is 3.41. The molecule has 0 aliphatic heterocycles. The van der Waals surface area contributed by atoms with Crippen LogP contribution in [0.4, 0.5) is 0 Å². The molecule has 0 saturated heterocycles. The van der Waals surface area contributed by atoms with E-state index in [4.69, 9.17) is 0 Å². The van der Waals surface area contributed by atoms with Crippen molar-refractivity contribution in [3.8, 4) is 0 Å². The van der Waals surface area contributed by atoms with Crippen LogP contribution in [0.15, 0.2) is 40.7 Å². The molecule has 0 amide bonds. The molecule has 1 aromatic carbocycles. The second-order valence-electron chi connectivity index (χ2n) is 5.28. The maximum absolute atomic E-state index is 4.50. The number of nitrogens with zero attached hydrogens (tertiary/aromatic N) is 3. The van der Waals surface area contributed by atoms with Gasteiger partial charge in [-0.05, 0) is 25.3 Å². The summed E-state index contributed by atoms with van der Waals surface area (Å²) in [6, 6.07) is 10.6. The Kier molecular flexibility index (Phi) is 6.40. The van der Waals surface area contributed by atoms with Crippen molar-refractivity contribution in [2.75, 3.05) is 20.6 Å². The monoisotopic (exact) mass is 316 g/mol. The molecular weight excluding hydrogens is 292 g/mol. The van der Waals surface area contributed by atoms with Gasteiger partial charge in [0.2, 0.25) is 0 Å². The van der Waals surface area contributed by atoms with Gasteiger partial charge in [0.25, 0.3) is 0 Å². The molecule has 2 aromatic rings. The lowest BCUT2D eigenvalue weighted by atomic mass is 10.1. The maximum atomic E-state index is 4.50.